The summed E-state index contributed by atoms with van der Waals surface area (Å²) in [4.78, 5) is 0. The second kappa shape index (κ2) is 10.2. The summed E-state index contributed by atoms with van der Waals surface area (Å²) in [6.45, 7) is 9.17. The predicted octanol–water partition coefficient (Wildman–Crippen LogP) is 1.31. The molecule has 0 saturated carbocycles. The number of rotatable bonds is 9. The van der Waals surface area contributed by atoms with Gasteiger partial charge < -0.3 is 14.6 Å². The SMILES string of the molecule is C=C/C=C(\C=C)COCCOCCO. The van der Waals surface area contributed by atoms with E-state index in [0.29, 0.717) is 26.4 Å². The minimum Gasteiger partial charge on any atom is -0.394 e. The molecule has 0 unspecified atom stereocenters. The molecule has 0 aliphatic carbocycles. The zero-order valence-corrected chi connectivity index (χ0v) is 8.45. The zero-order chi connectivity index (χ0) is 10.6. The summed E-state index contributed by atoms with van der Waals surface area (Å²) in [6.07, 6.45) is 5.28. The van der Waals surface area contributed by atoms with Gasteiger partial charge in [-0.05, 0) is 5.57 Å². The van der Waals surface area contributed by atoms with Crippen molar-refractivity contribution in [2.45, 2.75) is 0 Å². The molecule has 0 aliphatic rings. The van der Waals surface area contributed by atoms with Crippen LogP contribution in [0, 0.1) is 0 Å². The van der Waals surface area contributed by atoms with E-state index < -0.39 is 0 Å². The van der Waals surface area contributed by atoms with Gasteiger partial charge in [0.15, 0.2) is 0 Å². The summed E-state index contributed by atoms with van der Waals surface area (Å²) in [7, 11) is 0. The van der Waals surface area contributed by atoms with Gasteiger partial charge in [-0.15, -0.1) is 0 Å². The molecule has 0 heterocycles. The van der Waals surface area contributed by atoms with E-state index in [1.165, 1.54) is 0 Å². The quantitative estimate of drug-likeness (QED) is 0.448. The highest BCUT2D eigenvalue weighted by Crippen LogP contribution is 1.96. The molecule has 14 heavy (non-hydrogen) atoms. The number of aliphatic hydroxyl groups is 1. The molecule has 0 saturated heterocycles. The highest BCUT2D eigenvalue weighted by atomic mass is 16.5. The van der Waals surface area contributed by atoms with Crippen molar-refractivity contribution >= 4 is 0 Å². The second-order valence-electron chi connectivity index (χ2n) is 2.57. The fourth-order valence-corrected chi connectivity index (χ4v) is 0.801. The molecule has 0 aliphatic heterocycles. The lowest BCUT2D eigenvalue weighted by Gasteiger charge is -2.04. The Kier molecular flexibility index (Phi) is 9.53. The minimum absolute atomic E-state index is 0.0499. The highest BCUT2D eigenvalue weighted by molar-refractivity contribution is 5.21. The lowest BCUT2D eigenvalue weighted by molar-refractivity contribution is 0.0400. The fraction of sp³-hybridized carbons (Fsp3) is 0.455. The van der Waals surface area contributed by atoms with E-state index in [0.717, 1.165) is 5.57 Å². The summed E-state index contributed by atoms with van der Waals surface area (Å²) in [6, 6.07) is 0. The predicted molar refractivity (Wildman–Crippen MR) is 57.2 cm³/mol. The van der Waals surface area contributed by atoms with Crippen LogP contribution in [0.25, 0.3) is 0 Å². The van der Waals surface area contributed by atoms with E-state index in [1.807, 2.05) is 6.08 Å². The van der Waals surface area contributed by atoms with Gasteiger partial charge in [-0.1, -0.05) is 31.4 Å². The molecule has 0 aromatic carbocycles. The molecule has 0 amide bonds. The molecule has 3 nitrogen and oxygen atoms in total. The normalized spacial score (nSPS) is 11.4. The topological polar surface area (TPSA) is 38.7 Å². The van der Waals surface area contributed by atoms with Crippen molar-refractivity contribution < 1.29 is 14.6 Å². The Morgan fingerprint density at radius 2 is 1.86 bits per heavy atom. The Bertz CT molecular complexity index is 185. The number of hydrogen-bond donors (Lipinski definition) is 1. The number of ether oxygens (including phenoxy) is 2. The smallest absolute Gasteiger partial charge is 0.0717 e. The van der Waals surface area contributed by atoms with Crippen LogP contribution in [0.2, 0.25) is 0 Å². The first-order valence-electron chi connectivity index (χ1n) is 4.55. The second-order valence-corrected chi connectivity index (χ2v) is 2.57. The van der Waals surface area contributed by atoms with Gasteiger partial charge in [0.05, 0.1) is 33.0 Å². The maximum Gasteiger partial charge on any atom is 0.0717 e. The number of aliphatic hydroxyl groups excluding tert-OH is 1. The summed E-state index contributed by atoms with van der Waals surface area (Å²) in [5.74, 6) is 0. The van der Waals surface area contributed by atoms with Crippen molar-refractivity contribution in [3.63, 3.8) is 0 Å². The first-order chi connectivity index (χ1) is 6.85. The van der Waals surface area contributed by atoms with Crippen LogP contribution in [-0.2, 0) is 9.47 Å². The molecule has 1 N–H and O–H groups in total. The van der Waals surface area contributed by atoms with Crippen LogP contribution in [0.4, 0.5) is 0 Å². The van der Waals surface area contributed by atoms with E-state index in [2.05, 4.69) is 13.2 Å². The highest BCUT2D eigenvalue weighted by Gasteiger charge is 1.91. The average molecular weight is 198 g/mol. The van der Waals surface area contributed by atoms with Crippen molar-refractivity contribution in [3.05, 3.63) is 37.0 Å². The van der Waals surface area contributed by atoms with Crippen molar-refractivity contribution in [1.82, 2.24) is 0 Å². The molecule has 0 atom stereocenters. The van der Waals surface area contributed by atoms with Gasteiger partial charge in [0.1, 0.15) is 0 Å². The van der Waals surface area contributed by atoms with Crippen molar-refractivity contribution in [3.8, 4) is 0 Å². The van der Waals surface area contributed by atoms with Gasteiger partial charge in [-0.25, -0.2) is 0 Å². The molecule has 0 bridgehead atoms. The van der Waals surface area contributed by atoms with Crippen molar-refractivity contribution in [1.29, 1.82) is 0 Å². The first-order valence-corrected chi connectivity index (χ1v) is 4.55. The largest absolute Gasteiger partial charge is 0.394 e. The van der Waals surface area contributed by atoms with E-state index in [4.69, 9.17) is 14.6 Å². The van der Waals surface area contributed by atoms with Crippen LogP contribution < -0.4 is 0 Å². The minimum atomic E-state index is 0.0499. The lowest BCUT2D eigenvalue weighted by Crippen LogP contribution is -2.08. The third-order valence-electron chi connectivity index (χ3n) is 1.47. The zero-order valence-electron chi connectivity index (χ0n) is 8.45. The van der Waals surface area contributed by atoms with Gasteiger partial charge in [0.2, 0.25) is 0 Å². The van der Waals surface area contributed by atoms with Crippen LogP contribution in [-0.4, -0.2) is 38.1 Å². The molecule has 0 radical (unpaired) electrons. The number of allylic oxidation sites excluding steroid dienone is 2. The Morgan fingerprint density at radius 1 is 1.14 bits per heavy atom. The molecule has 0 fully saturated rings. The van der Waals surface area contributed by atoms with E-state index in [9.17, 15) is 0 Å². The van der Waals surface area contributed by atoms with Crippen LogP contribution in [0.5, 0.6) is 0 Å². The fourth-order valence-electron chi connectivity index (χ4n) is 0.801. The van der Waals surface area contributed by atoms with Crippen molar-refractivity contribution in [2.24, 2.45) is 0 Å². The molecule has 3 heteroatoms. The summed E-state index contributed by atoms with van der Waals surface area (Å²) in [5.41, 5.74) is 0.988. The van der Waals surface area contributed by atoms with Gasteiger partial charge >= 0.3 is 0 Å². The van der Waals surface area contributed by atoms with Crippen LogP contribution >= 0.6 is 0 Å². The summed E-state index contributed by atoms with van der Waals surface area (Å²) >= 11 is 0. The molecular weight excluding hydrogens is 180 g/mol. The summed E-state index contributed by atoms with van der Waals surface area (Å²) < 4.78 is 10.3. The van der Waals surface area contributed by atoms with Gasteiger partial charge in [-0.3, -0.25) is 0 Å². The average Bonchev–Trinajstić information content (AvgIpc) is 2.21. The van der Waals surface area contributed by atoms with Crippen molar-refractivity contribution in [2.75, 3.05) is 33.0 Å². The van der Waals surface area contributed by atoms with E-state index >= 15 is 0 Å². The standard InChI is InChI=1S/C11H18O3/c1-3-5-11(4-2)10-14-9-8-13-7-6-12/h3-5,12H,1-2,6-10H2/b11-5+. The third kappa shape index (κ3) is 7.73. The first kappa shape index (κ1) is 13.1. The molecule has 0 rings (SSSR count). The molecule has 80 valence electrons. The molecule has 0 aromatic rings. The molecule has 0 aromatic heterocycles. The Balaban J connectivity index is 3.38. The Morgan fingerprint density at radius 3 is 2.43 bits per heavy atom. The Hall–Kier alpha value is -0.900. The molecular formula is C11H18O3. The summed E-state index contributed by atoms with van der Waals surface area (Å²) in [5, 5.41) is 8.42. The van der Waals surface area contributed by atoms with Crippen LogP contribution in [0.15, 0.2) is 37.0 Å². The van der Waals surface area contributed by atoms with Gasteiger partial charge in [-0.2, -0.15) is 0 Å². The Labute approximate surface area is 85.3 Å². The van der Waals surface area contributed by atoms with E-state index in [-0.39, 0.29) is 6.61 Å². The maximum atomic E-state index is 8.42. The van der Waals surface area contributed by atoms with Gasteiger partial charge in [0, 0.05) is 0 Å². The van der Waals surface area contributed by atoms with Gasteiger partial charge in [0.25, 0.3) is 0 Å². The van der Waals surface area contributed by atoms with Crippen LogP contribution in [0.3, 0.4) is 0 Å². The monoisotopic (exact) mass is 198 g/mol. The van der Waals surface area contributed by atoms with Crippen LogP contribution in [0.1, 0.15) is 0 Å². The number of hydrogen-bond acceptors (Lipinski definition) is 3. The third-order valence-corrected chi connectivity index (χ3v) is 1.47. The molecule has 0 spiro atoms. The maximum absolute atomic E-state index is 8.42. The lowest BCUT2D eigenvalue weighted by atomic mass is 10.2. The van der Waals surface area contributed by atoms with E-state index in [1.54, 1.807) is 12.2 Å².